The first-order valence-corrected chi connectivity index (χ1v) is 6.96. The third-order valence-electron chi connectivity index (χ3n) is 3.64. The van der Waals surface area contributed by atoms with E-state index in [1.807, 2.05) is 12.3 Å². The SMILES string of the molecule is Cc1cccnc1CN(C)CC[C@H]1CCCCO1. The van der Waals surface area contributed by atoms with Gasteiger partial charge in [-0.1, -0.05) is 6.07 Å². The summed E-state index contributed by atoms with van der Waals surface area (Å²) in [6, 6.07) is 4.12. The molecule has 1 saturated heterocycles. The number of aryl methyl sites for hydroxylation is 1. The van der Waals surface area contributed by atoms with Gasteiger partial charge in [-0.25, -0.2) is 0 Å². The van der Waals surface area contributed by atoms with Gasteiger partial charge in [-0.15, -0.1) is 0 Å². The molecule has 0 bridgehead atoms. The van der Waals surface area contributed by atoms with Gasteiger partial charge >= 0.3 is 0 Å². The molecule has 1 aromatic rings. The molecule has 3 heteroatoms. The Labute approximate surface area is 110 Å². The van der Waals surface area contributed by atoms with Crippen LogP contribution in [0.5, 0.6) is 0 Å². The molecule has 0 aromatic carbocycles. The van der Waals surface area contributed by atoms with Crippen LogP contribution in [0.4, 0.5) is 0 Å². The average molecular weight is 248 g/mol. The molecule has 18 heavy (non-hydrogen) atoms. The highest BCUT2D eigenvalue weighted by Crippen LogP contribution is 2.16. The van der Waals surface area contributed by atoms with Gasteiger partial charge in [0.2, 0.25) is 0 Å². The van der Waals surface area contributed by atoms with Crippen molar-refractivity contribution in [1.29, 1.82) is 0 Å². The fourth-order valence-corrected chi connectivity index (χ4v) is 2.42. The Bertz CT molecular complexity index is 361. The van der Waals surface area contributed by atoms with Gasteiger partial charge in [-0.05, 0) is 51.3 Å². The summed E-state index contributed by atoms with van der Waals surface area (Å²) in [5.41, 5.74) is 2.46. The molecule has 100 valence electrons. The molecule has 2 rings (SSSR count). The average Bonchev–Trinajstić information content (AvgIpc) is 2.40. The van der Waals surface area contributed by atoms with Crippen LogP contribution in [0.1, 0.15) is 36.9 Å². The van der Waals surface area contributed by atoms with Crippen molar-refractivity contribution in [3.63, 3.8) is 0 Å². The van der Waals surface area contributed by atoms with E-state index in [2.05, 4.69) is 29.9 Å². The van der Waals surface area contributed by atoms with Crippen LogP contribution in [0.2, 0.25) is 0 Å². The quantitative estimate of drug-likeness (QED) is 0.801. The lowest BCUT2D eigenvalue weighted by molar-refractivity contribution is 0.00635. The van der Waals surface area contributed by atoms with Crippen LogP contribution < -0.4 is 0 Å². The zero-order chi connectivity index (χ0) is 12.8. The van der Waals surface area contributed by atoms with Crippen molar-refractivity contribution in [1.82, 2.24) is 9.88 Å². The zero-order valence-corrected chi connectivity index (χ0v) is 11.6. The Morgan fingerprint density at radius 3 is 3.06 bits per heavy atom. The van der Waals surface area contributed by atoms with Gasteiger partial charge in [0.25, 0.3) is 0 Å². The summed E-state index contributed by atoms with van der Waals surface area (Å²) in [5, 5.41) is 0. The minimum atomic E-state index is 0.478. The van der Waals surface area contributed by atoms with Crippen LogP contribution in [0.3, 0.4) is 0 Å². The van der Waals surface area contributed by atoms with Crippen molar-refractivity contribution in [3.05, 3.63) is 29.6 Å². The van der Waals surface area contributed by atoms with E-state index >= 15 is 0 Å². The van der Waals surface area contributed by atoms with Crippen LogP contribution in [0.15, 0.2) is 18.3 Å². The van der Waals surface area contributed by atoms with Gasteiger partial charge in [0, 0.05) is 25.9 Å². The molecule has 0 unspecified atom stereocenters. The molecule has 1 atom stereocenters. The number of aromatic nitrogens is 1. The maximum absolute atomic E-state index is 5.76. The zero-order valence-electron chi connectivity index (χ0n) is 11.6. The minimum absolute atomic E-state index is 0.478. The third-order valence-corrected chi connectivity index (χ3v) is 3.64. The number of nitrogens with zero attached hydrogens (tertiary/aromatic N) is 2. The molecule has 0 spiro atoms. The van der Waals surface area contributed by atoms with Crippen LogP contribution in [-0.2, 0) is 11.3 Å². The van der Waals surface area contributed by atoms with Gasteiger partial charge in [0.15, 0.2) is 0 Å². The predicted molar refractivity (Wildman–Crippen MR) is 73.5 cm³/mol. The first-order chi connectivity index (χ1) is 8.75. The third kappa shape index (κ3) is 4.07. The number of rotatable bonds is 5. The Morgan fingerprint density at radius 1 is 1.44 bits per heavy atom. The Balaban J connectivity index is 1.74. The topological polar surface area (TPSA) is 25.4 Å². The van der Waals surface area contributed by atoms with Crippen LogP contribution >= 0.6 is 0 Å². The number of pyridine rings is 1. The van der Waals surface area contributed by atoms with Crippen LogP contribution in [-0.4, -0.2) is 36.2 Å². The van der Waals surface area contributed by atoms with E-state index in [9.17, 15) is 0 Å². The van der Waals surface area contributed by atoms with E-state index in [-0.39, 0.29) is 0 Å². The van der Waals surface area contributed by atoms with E-state index in [0.29, 0.717) is 6.10 Å². The molecule has 2 heterocycles. The van der Waals surface area contributed by atoms with Gasteiger partial charge < -0.3 is 9.64 Å². The fourth-order valence-electron chi connectivity index (χ4n) is 2.42. The van der Waals surface area contributed by atoms with E-state index in [0.717, 1.165) is 26.1 Å². The van der Waals surface area contributed by atoms with Crippen molar-refractivity contribution >= 4 is 0 Å². The van der Waals surface area contributed by atoms with E-state index in [1.54, 1.807) is 0 Å². The molecule has 1 fully saturated rings. The van der Waals surface area contributed by atoms with Crippen LogP contribution in [0.25, 0.3) is 0 Å². The maximum Gasteiger partial charge on any atom is 0.0587 e. The predicted octanol–water partition coefficient (Wildman–Crippen LogP) is 2.78. The lowest BCUT2D eigenvalue weighted by Crippen LogP contribution is -2.27. The second-order valence-electron chi connectivity index (χ2n) is 5.28. The van der Waals surface area contributed by atoms with Gasteiger partial charge in [0.05, 0.1) is 11.8 Å². The van der Waals surface area contributed by atoms with Crippen molar-refractivity contribution in [2.45, 2.75) is 45.3 Å². The first kappa shape index (κ1) is 13.5. The summed E-state index contributed by atoms with van der Waals surface area (Å²) in [7, 11) is 2.16. The fraction of sp³-hybridized carbons (Fsp3) is 0.667. The summed E-state index contributed by atoms with van der Waals surface area (Å²) < 4.78 is 5.76. The summed E-state index contributed by atoms with van der Waals surface area (Å²) in [6.07, 6.45) is 7.29. The minimum Gasteiger partial charge on any atom is -0.378 e. The van der Waals surface area contributed by atoms with Gasteiger partial charge in [-0.2, -0.15) is 0 Å². The molecule has 0 radical (unpaired) electrons. The van der Waals surface area contributed by atoms with Crippen molar-refractivity contribution in [3.8, 4) is 0 Å². The van der Waals surface area contributed by atoms with Crippen molar-refractivity contribution in [2.24, 2.45) is 0 Å². The number of ether oxygens (including phenoxy) is 1. The van der Waals surface area contributed by atoms with Crippen molar-refractivity contribution in [2.75, 3.05) is 20.2 Å². The molecular weight excluding hydrogens is 224 g/mol. The normalized spacial score (nSPS) is 20.3. The van der Waals surface area contributed by atoms with E-state index < -0.39 is 0 Å². The Morgan fingerprint density at radius 2 is 2.33 bits per heavy atom. The highest BCUT2D eigenvalue weighted by molar-refractivity contribution is 5.17. The maximum atomic E-state index is 5.76. The molecule has 3 nitrogen and oxygen atoms in total. The smallest absolute Gasteiger partial charge is 0.0587 e. The Kier molecular flexibility index (Phi) is 5.14. The van der Waals surface area contributed by atoms with E-state index in [4.69, 9.17) is 4.74 Å². The largest absolute Gasteiger partial charge is 0.378 e. The molecule has 0 saturated carbocycles. The number of hydrogen-bond donors (Lipinski definition) is 0. The monoisotopic (exact) mass is 248 g/mol. The second kappa shape index (κ2) is 6.86. The summed E-state index contributed by atoms with van der Waals surface area (Å²) in [5.74, 6) is 0. The molecular formula is C15H24N2O. The molecule has 0 aliphatic carbocycles. The molecule has 0 amide bonds. The lowest BCUT2D eigenvalue weighted by Gasteiger charge is -2.25. The molecule has 1 aromatic heterocycles. The highest BCUT2D eigenvalue weighted by Gasteiger charge is 2.14. The summed E-state index contributed by atoms with van der Waals surface area (Å²) in [6.45, 7) is 5.09. The van der Waals surface area contributed by atoms with Gasteiger partial charge in [-0.3, -0.25) is 4.98 Å². The second-order valence-corrected chi connectivity index (χ2v) is 5.28. The molecule has 0 N–H and O–H groups in total. The molecule has 1 aliphatic rings. The summed E-state index contributed by atoms with van der Waals surface area (Å²) in [4.78, 5) is 6.78. The Hall–Kier alpha value is -0.930. The first-order valence-electron chi connectivity index (χ1n) is 6.96. The van der Waals surface area contributed by atoms with Gasteiger partial charge in [0.1, 0.15) is 0 Å². The van der Waals surface area contributed by atoms with Crippen molar-refractivity contribution < 1.29 is 4.74 Å². The summed E-state index contributed by atoms with van der Waals surface area (Å²) >= 11 is 0. The highest BCUT2D eigenvalue weighted by atomic mass is 16.5. The van der Waals surface area contributed by atoms with Crippen LogP contribution in [0, 0.1) is 6.92 Å². The molecule has 1 aliphatic heterocycles. The van der Waals surface area contributed by atoms with E-state index in [1.165, 1.54) is 30.5 Å². The lowest BCUT2D eigenvalue weighted by atomic mass is 10.1. The standard InChI is InChI=1S/C15H24N2O/c1-13-6-5-9-16-15(13)12-17(2)10-8-14-7-3-4-11-18-14/h5-6,9,14H,3-4,7-8,10-12H2,1-2H3/t14-/m1/s1. The number of hydrogen-bond acceptors (Lipinski definition) is 3.